The van der Waals surface area contributed by atoms with E-state index >= 15 is 0 Å². The van der Waals surface area contributed by atoms with Crippen LogP contribution in [0, 0.1) is 0 Å². The first-order valence-corrected chi connectivity index (χ1v) is 8.10. The van der Waals surface area contributed by atoms with E-state index in [0.29, 0.717) is 38.9 Å². The Morgan fingerprint density at radius 3 is 2.67 bits per heavy atom. The third-order valence-corrected chi connectivity index (χ3v) is 3.06. The van der Waals surface area contributed by atoms with Gasteiger partial charge in [0.25, 0.3) is 0 Å². The standard InChI is InChI=1S/C16H25F3N4O3.HI/c1-20-15(22-5-3-7-25-9-8-24-2)23-11-13-4-6-21-14(10-13)26-12-16(17,18)19;/h4,6,10H,3,5,7-9,11-12H2,1-2H3,(H2,20,22,23);1H. The summed E-state index contributed by atoms with van der Waals surface area (Å²) in [6.07, 6.45) is -2.19. The summed E-state index contributed by atoms with van der Waals surface area (Å²) in [5.41, 5.74) is 0.725. The first-order chi connectivity index (χ1) is 12.4. The van der Waals surface area contributed by atoms with Gasteiger partial charge >= 0.3 is 6.18 Å². The van der Waals surface area contributed by atoms with Gasteiger partial charge < -0.3 is 24.8 Å². The maximum absolute atomic E-state index is 12.2. The molecule has 1 aromatic heterocycles. The topological polar surface area (TPSA) is 77.0 Å². The lowest BCUT2D eigenvalue weighted by molar-refractivity contribution is -0.154. The second-order valence-corrected chi connectivity index (χ2v) is 5.22. The van der Waals surface area contributed by atoms with Gasteiger partial charge in [-0.15, -0.1) is 24.0 Å². The number of pyridine rings is 1. The molecular weight excluding hydrogens is 480 g/mol. The molecule has 0 saturated carbocycles. The van der Waals surface area contributed by atoms with E-state index in [9.17, 15) is 13.2 Å². The van der Waals surface area contributed by atoms with Crippen molar-refractivity contribution >= 4 is 29.9 Å². The van der Waals surface area contributed by atoms with Gasteiger partial charge in [-0.1, -0.05) is 0 Å². The Balaban J connectivity index is 0.00000676. The van der Waals surface area contributed by atoms with E-state index in [1.54, 1.807) is 20.2 Å². The van der Waals surface area contributed by atoms with E-state index in [2.05, 4.69) is 25.3 Å². The van der Waals surface area contributed by atoms with Crippen LogP contribution in [0.25, 0.3) is 0 Å². The molecule has 0 unspecified atom stereocenters. The normalized spacial score (nSPS) is 11.7. The van der Waals surface area contributed by atoms with Gasteiger partial charge in [0.2, 0.25) is 5.88 Å². The third kappa shape index (κ3) is 13.5. The first-order valence-electron chi connectivity index (χ1n) is 8.10. The van der Waals surface area contributed by atoms with Crippen LogP contribution in [0.1, 0.15) is 12.0 Å². The molecule has 11 heteroatoms. The molecule has 0 aliphatic carbocycles. The molecule has 7 nitrogen and oxygen atoms in total. The van der Waals surface area contributed by atoms with Crippen LogP contribution >= 0.6 is 24.0 Å². The van der Waals surface area contributed by atoms with Gasteiger partial charge in [-0.3, -0.25) is 4.99 Å². The van der Waals surface area contributed by atoms with Gasteiger partial charge in [0.15, 0.2) is 12.6 Å². The maximum atomic E-state index is 12.2. The van der Waals surface area contributed by atoms with Crippen LogP contribution in [0.15, 0.2) is 23.3 Å². The fourth-order valence-electron chi connectivity index (χ4n) is 1.83. The summed E-state index contributed by atoms with van der Waals surface area (Å²) in [6, 6.07) is 3.14. The second kappa shape index (κ2) is 14.7. The maximum Gasteiger partial charge on any atom is 0.422 e. The van der Waals surface area contributed by atoms with E-state index in [1.165, 1.54) is 12.3 Å². The number of alkyl halides is 3. The molecule has 0 aliphatic rings. The number of halogens is 4. The van der Waals surface area contributed by atoms with E-state index in [1.807, 2.05) is 0 Å². The molecule has 1 aromatic rings. The van der Waals surface area contributed by atoms with Crippen LogP contribution in [0.3, 0.4) is 0 Å². The SMILES string of the molecule is CN=C(NCCCOCCOC)NCc1ccnc(OCC(F)(F)F)c1.I. The zero-order valence-corrected chi connectivity index (χ0v) is 17.7. The summed E-state index contributed by atoms with van der Waals surface area (Å²) in [5.74, 6) is 0.509. The van der Waals surface area contributed by atoms with Crippen LogP contribution < -0.4 is 15.4 Å². The van der Waals surface area contributed by atoms with Crippen molar-refractivity contribution in [1.82, 2.24) is 15.6 Å². The zero-order chi connectivity index (χ0) is 19.3. The summed E-state index contributed by atoms with van der Waals surface area (Å²) in [6.45, 7) is 1.41. The van der Waals surface area contributed by atoms with Gasteiger partial charge in [0, 0.05) is 46.1 Å². The van der Waals surface area contributed by atoms with Crippen LogP contribution in [0.4, 0.5) is 13.2 Å². The molecule has 0 bridgehead atoms. The Morgan fingerprint density at radius 1 is 1.22 bits per heavy atom. The second-order valence-electron chi connectivity index (χ2n) is 5.22. The molecular formula is C16H26F3IN4O3. The van der Waals surface area contributed by atoms with Crippen molar-refractivity contribution < 1.29 is 27.4 Å². The monoisotopic (exact) mass is 506 g/mol. The molecule has 0 aliphatic heterocycles. The van der Waals surface area contributed by atoms with E-state index in [-0.39, 0.29) is 29.9 Å². The highest BCUT2D eigenvalue weighted by molar-refractivity contribution is 14.0. The van der Waals surface area contributed by atoms with Gasteiger partial charge in [-0.25, -0.2) is 4.98 Å². The number of aliphatic imine (C=N–C) groups is 1. The third-order valence-electron chi connectivity index (χ3n) is 3.06. The van der Waals surface area contributed by atoms with Crippen molar-refractivity contribution in [1.29, 1.82) is 0 Å². The number of guanidine groups is 1. The fourth-order valence-corrected chi connectivity index (χ4v) is 1.83. The van der Waals surface area contributed by atoms with Crippen molar-refractivity contribution in [2.45, 2.75) is 19.1 Å². The average molecular weight is 506 g/mol. The van der Waals surface area contributed by atoms with Crippen molar-refractivity contribution in [3.63, 3.8) is 0 Å². The molecule has 2 N–H and O–H groups in total. The number of nitrogens with zero attached hydrogens (tertiary/aromatic N) is 2. The van der Waals surface area contributed by atoms with Crippen molar-refractivity contribution in [2.75, 3.05) is 47.1 Å². The Kier molecular flexibility index (Phi) is 14.0. The van der Waals surface area contributed by atoms with Crippen molar-refractivity contribution in [3.05, 3.63) is 23.9 Å². The summed E-state index contributed by atoms with van der Waals surface area (Å²) in [5, 5.41) is 6.19. The lowest BCUT2D eigenvalue weighted by Crippen LogP contribution is -2.37. The molecule has 156 valence electrons. The van der Waals surface area contributed by atoms with E-state index < -0.39 is 12.8 Å². The average Bonchev–Trinajstić information content (AvgIpc) is 2.61. The predicted molar refractivity (Wildman–Crippen MR) is 107 cm³/mol. The largest absolute Gasteiger partial charge is 0.468 e. The number of nitrogens with one attached hydrogen (secondary N) is 2. The number of methoxy groups -OCH3 is 1. The van der Waals surface area contributed by atoms with Gasteiger partial charge in [-0.2, -0.15) is 13.2 Å². The minimum atomic E-state index is -4.39. The first kappa shape index (κ1) is 25.7. The highest BCUT2D eigenvalue weighted by Gasteiger charge is 2.28. The Labute approximate surface area is 174 Å². The lowest BCUT2D eigenvalue weighted by atomic mass is 10.2. The molecule has 27 heavy (non-hydrogen) atoms. The molecule has 0 fully saturated rings. The smallest absolute Gasteiger partial charge is 0.422 e. The predicted octanol–water partition coefficient (Wildman–Crippen LogP) is 2.36. The lowest BCUT2D eigenvalue weighted by Gasteiger charge is -2.13. The van der Waals surface area contributed by atoms with E-state index in [0.717, 1.165) is 12.0 Å². The van der Waals surface area contributed by atoms with Crippen LogP contribution in [-0.2, 0) is 16.0 Å². The molecule has 0 atom stereocenters. The Bertz CT molecular complexity index is 548. The molecule has 0 saturated heterocycles. The minimum Gasteiger partial charge on any atom is -0.468 e. The summed E-state index contributed by atoms with van der Waals surface area (Å²) in [7, 11) is 3.25. The molecule has 0 radical (unpaired) electrons. The fraction of sp³-hybridized carbons (Fsp3) is 0.625. The highest BCUT2D eigenvalue weighted by Crippen LogP contribution is 2.17. The molecule has 0 spiro atoms. The van der Waals surface area contributed by atoms with Crippen LogP contribution in [0.5, 0.6) is 5.88 Å². The Morgan fingerprint density at radius 2 is 2.00 bits per heavy atom. The number of ether oxygens (including phenoxy) is 3. The molecule has 1 rings (SSSR count). The van der Waals surface area contributed by atoms with Crippen molar-refractivity contribution in [2.24, 2.45) is 4.99 Å². The summed E-state index contributed by atoms with van der Waals surface area (Å²) < 4.78 is 51.4. The molecule has 1 heterocycles. The van der Waals surface area contributed by atoms with Gasteiger partial charge in [-0.05, 0) is 18.1 Å². The number of hydrogen-bond acceptors (Lipinski definition) is 5. The zero-order valence-electron chi connectivity index (χ0n) is 15.3. The molecule has 0 amide bonds. The number of aromatic nitrogens is 1. The van der Waals surface area contributed by atoms with Crippen molar-refractivity contribution in [3.8, 4) is 5.88 Å². The Hall–Kier alpha value is -1.34. The quantitative estimate of drug-likeness (QED) is 0.208. The van der Waals surface area contributed by atoms with Gasteiger partial charge in [0.1, 0.15) is 0 Å². The molecule has 0 aromatic carbocycles. The van der Waals surface area contributed by atoms with Crippen LogP contribution in [-0.4, -0.2) is 64.2 Å². The number of hydrogen-bond donors (Lipinski definition) is 2. The van der Waals surface area contributed by atoms with Crippen LogP contribution in [0.2, 0.25) is 0 Å². The minimum absolute atomic E-state index is 0. The van der Waals surface area contributed by atoms with E-state index in [4.69, 9.17) is 9.47 Å². The number of rotatable bonds is 11. The highest BCUT2D eigenvalue weighted by atomic mass is 127. The van der Waals surface area contributed by atoms with Gasteiger partial charge in [0.05, 0.1) is 13.2 Å². The summed E-state index contributed by atoms with van der Waals surface area (Å²) >= 11 is 0. The summed E-state index contributed by atoms with van der Waals surface area (Å²) in [4.78, 5) is 7.84.